The van der Waals surface area contributed by atoms with Gasteiger partial charge in [0.15, 0.2) is 0 Å². The van der Waals surface area contributed by atoms with Crippen LogP contribution < -0.4 is 5.32 Å². The van der Waals surface area contributed by atoms with Crippen molar-refractivity contribution in [2.75, 3.05) is 6.54 Å². The van der Waals surface area contributed by atoms with E-state index in [9.17, 15) is 0 Å². The number of nitrogens with zero attached hydrogens (tertiary/aromatic N) is 4. The van der Waals surface area contributed by atoms with Crippen LogP contribution in [0, 0.1) is 5.92 Å². The van der Waals surface area contributed by atoms with Crippen LogP contribution in [0.3, 0.4) is 0 Å². The second-order valence-electron chi connectivity index (χ2n) is 4.18. The first-order valence-electron chi connectivity index (χ1n) is 5.71. The van der Waals surface area contributed by atoms with E-state index in [0.29, 0.717) is 24.0 Å². The molecule has 2 aromatic rings. The lowest BCUT2D eigenvalue weighted by Crippen LogP contribution is -2.16. The van der Waals surface area contributed by atoms with Crippen LogP contribution in [-0.2, 0) is 6.54 Å². The molecule has 1 aliphatic rings. The Kier molecular flexibility index (Phi) is 4.22. The van der Waals surface area contributed by atoms with E-state index in [1.54, 1.807) is 18.6 Å². The molecule has 0 amide bonds. The molecule has 96 valence electrons. The molecule has 1 aliphatic carbocycles. The Morgan fingerprint density at radius 1 is 1.33 bits per heavy atom. The molecule has 18 heavy (non-hydrogen) atoms. The van der Waals surface area contributed by atoms with Crippen LogP contribution in [0.25, 0.3) is 11.5 Å². The molecule has 2 heterocycles. The first-order valence-corrected chi connectivity index (χ1v) is 5.71. The third kappa shape index (κ3) is 3.24. The van der Waals surface area contributed by atoms with E-state index in [4.69, 9.17) is 4.52 Å². The third-order valence-corrected chi connectivity index (χ3v) is 2.67. The van der Waals surface area contributed by atoms with Gasteiger partial charge < -0.3 is 9.84 Å². The topological polar surface area (TPSA) is 76.7 Å². The molecule has 0 aromatic carbocycles. The van der Waals surface area contributed by atoms with Gasteiger partial charge in [-0.05, 0) is 25.3 Å². The minimum absolute atomic E-state index is 0. The van der Waals surface area contributed by atoms with Crippen LogP contribution in [0.15, 0.2) is 23.1 Å². The lowest BCUT2D eigenvalue weighted by atomic mass is 10.4. The summed E-state index contributed by atoms with van der Waals surface area (Å²) >= 11 is 0. The molecule has 2 aromatic heterocycles. The highest BCUT2D eigenvalue weighted by atomic mass is 35.5. The molecule has 0 saturated heterocycles. The highest BCUT2D eigenvalue weighted by molar-refractivity contribution is 5.85. The van der Waals surface area contributed by atoms with Crippen molar-refractivity contribution in [1.82, 2.24) is 25.4 Å². The molecule has 0 atom stereocenters. The number of aromatic nitrogens is 4. The fraction of sp³-hybridized carbons (Fsp3) is 0.455. The van der Waals surface area contributed by atoms with Crippen LogP contribution in [0.4, 0.5) is 0 Å². The van der Waals surface area contributed by atoms with Crippen molar-refractivity contribution < 1.29 is 4.52 Å². The van der Waals surface area contributed by atoms with Crippen LogP contribution in [0.5, 0.6) is 0 Å². The normalized spacial score (nSPS) is 14.2. The maximum Gasteiger partial charge on any atom is 0.240 e. The summed E-state index contributed by atoms with van der Waals surface area (Å²) in [5.74, 6) is 1.92. The maximum absolute atomic E-state index is 5.13. The van der Waals surface area contributed by atoms with Gasteiger partial charge in [0.25, 0.3) is 0 Å². The molecule has 0 spiro atoms. The summed E-state index contributed by atoms with van der Waals surface area (Å²) in [6, 6.07) is 0. The first-order chi connectivity index (χ1) is 8.42. The summed E-state index contributed by atoms with van der Waals surface area (Å²) in [5, 5.41) is 7.17. The molecule has 0 unspecified atom stereocenters. The molecule has 6 nitrogen and oxygen atoms in total. The van der Waals surface area contributed by atoms with Crippen molar-refractivity contribution in [3.63, 3.8) is 0 Å². The molecule has 0 aliphatic heterocycles. The SMILES string of the molecule is Cl.c1cnc(-c2noc(CNCC3CC3)n2)cn1. The Balaban J connectivity index is 0.00000120. The lowest BCUT2D eigenvalue weighted by Gasteiger charge is -1.97. The van der Waals surface area contributed by atoms with Crippen molar-refractivity contribution in [1.29, 1.82) is 0 Å². The number of rotatable bonds is 5. The first kappa shape index (κ1) is 12.9. The molecule has 3 rings (SSSR count). The van der Waals surface area contributed by atoms with Crippen molar-refractivity contribution >= 4 is 12.4 Å². The van der Waals surface area contributed by atoms with Gasteiger partial charge in [-0.1, -0.05) is 5.16 Å². The summed E-state index contributed by atoms with van der Waals surface area (Å²) in [4.78, 5) is 12.3. The molecule has 1 fully saturated rings. The zero-order chi connectivity index (χ0) is 11.5. The van der Waals surface area contributed by atoms with Crippen LogP contribution in [0.2, 0.25) is 0 Å². The Morgan fingerprint density at radius 3 is 2.94 bits per heavy atom. The van der Waals surface area contributed by atoms with Crippen molar-refractivity contribution in [2.45, 2.75) is 19.4 Å². The van der Waals surface area contributed by atoms with E-state index in [-0.39, 0.29) is 12.4 Å². The summed E-state index contributed by atoms with van der Waals surface area (Å²) in [5.41, 5.74) is 0.629. The van der Waals surface area contributed by atoms with Crippen molar-refractivity contribution in [3.8, 4) is 11.5 Å². The van der Waals surface area contributed by atoms with E-state index in [2.05, 4.69) is 25.4 Å². The summed E-state index contributed by atoms with van der Waals surface area (Å²) in [6.07, 6.45) is 7.51. The number of nitrogens with one attached hydrogen (secondary N) is 1. The van der Waals surface area contributed by atoms with Gasteiger partial charge in [0.1, 0.15) is 5.69 Å². The molecular weight excluding hydrogens is 254 g/mol. The molecule has 0 radical (unpaired) electrons. The van der Waals surface area contributed by atoms with Crippen molar-refractivity contribution in [2.24, 2.45) is 5.92 Å². The molecule has 0 bridgehead atoms. The second kappa shape index (κ2) is 5.88. The highest BCUT2D eigenvalue weighted by Gasteiger charge is 2.20. The van der Waals surface area contributed by atoms with Gasteiger partial charge in [-0.3, -0.25) is 4.98 Å². The van der Waals surface area contributed by atoms with Crippen molar-refractivity contribution in [3.05, 3.63) is 24.5 Å². The van der Waals surface area contributed by atoms with E-state index in [0.717, 1.165) is 12.5 Å². The molecule has 7 heteroatoms. The minimum Gasteiger partial charge on any atom is -0.337 e. The molecule has 1 N–H and O–H groups in total. The number of hydrogen-bond donors (Lipinski definition) is 1. The zero-order valence-corrected chi connectivity index (χ0v) is 10.6. The largest absolute Gasteiger partial charge is 0.337 e. The lowest BCUT2D eigenvalue weighted by molar-refractivity contribution is 0.367. The van der Waals surface area contributed by atoms with Gasteiger partial charge in [-0.15, -0.1) is 12.4 Å². The Bertz CT molecular complexity index is 485. The predicted octanol–water partition coefficient (Wildman–Crippen LogP) is 1.45. The van der Waals surface area contributed by atoms with E-state index < -0.39 is 0 Å². The van der Waals surface area contributed by atoms with Gasteiger partial charge in [-0.25, -0.2) is 4.98 Å². The highest BCUT2D eigenvalue weighted by Crippen LogP contribution is 2.27. The molecule has 1 saturated carbocycles. The second-order valence-corrected chi connectivity index (χ2v) is 4.18. The quantitative estimate of drug-likeness (QED) is 0.884. The van der Waals surface area contributed by atoms with E-state index in [1.807, 2.05) is 0 Å². The summed E-state index contributed by atoms with van der Waals surface area (Å²) in [7, 11) is 0. The zero-order valence-electron chi connectivity index (χ0n) is 9.74. The maximum atomic E-state index is 5.13. The Hall–Kier alpha value is -1.53. The Labute approximate surface area is 111 Å². The van der Waals surface area contributed by atoms with Gasteiger partial charge in [-0.2, -0.15) is 4.98 Å². The van der Waals surface area contributed by atoms with Gasteiger partial charge in [0.2, 0.25) is 11.7 Å². The van der Waals surface area contributed by atoms with Crippen LogP contribution >= 0.6 is 12.4 Å². The monoisotopic (exact) mass is 267 g/mol. The minimum atomic E-state index is 0. The summed E-state index contributed by atoms with van der Waals surface area (Å²) < 4.78 is 5.13. The third-order valence-electron chi connectivity index (χ3n) is 2.67. The number of hydrogen-bond acceptors (Lipinski definition) is 6. The number of halogens is 1. The van der Waals surface area contributed by atoms with E-state index >= 15 is 0 Å². The average molecular weight is 268 g/mol. The van der Waals surface area contributed by atoms with Gasteiger partial charge in [0.05, 0.1) is 12.7 Å². The van der Waals surface area contributed by atoms with Crippen LogP contribution in [-0.4, -0.2) is 26.7 Å². The standard InChI is InChI=1S/C11H13N5O.ClH/c1-2-8(1)5-13-7-10-15-11(16-17-10)9-6-12-3-4-14-9;/h3-4,6,8,13H,1-2,5,7H2;1H. The fourth-order valence-corrected chi connectivity index (χ4v) is 1.55. The van der Waals surface area contributed by atoms with Gasteiger partial charge in [0, 0.05) is 12.4 Å². The Morgan fingerprint density at radius 2 is 2.22 bits per heavy atom. The predicted molar refractivity (Wildman–Crippen MR) is 67.0 cm³/mol. The molecular formula is C11H14ClN5O. The summed E-state index contributed by atoms with van der Waals surface area (Å²) in [6.45, 7) is 1.65. The van der Waals surface area contributed by atoms with E-state index in [1.165, 1.54) is 12.8 Å². The average Bonchev–Trinajstić information content (AvgIpc) is 3.07. The smallest absolute Gasteiger partial charge is 0.240 e. The van der Waals surface area contributed by atoms with Gasteiger partial charge >= 0.3 is 0 Å². The fourth-order valence-electron chi connectivity index (χ4n) is 1.55. The van der Waals surface area contributed by atoms with Crippen LogP contribution in [0.1, 0.15) is 18.7 Å².